The topological polar surface area (TPSA) is 59.0 Å². The van der Waals surface area contributed by atoms with E-state index in [1.165, 1.54) is 18.2 Å². The number of alkyl halides is 3. The lowest BCUT2D eigenvalue weighted by Crippen LogP contribution is -2.08. The normalized spacial score (nSPS) is 11.0. The molecule has 0 aliphatic heterocycles. The summed E-state index contributed by atoms with van der Waals surface area (Å²) in [6.07, 6.45) is -4.81. The average molecular weight is 296 g/mol. The quantitative estimate of drug-likeness (QED) is 0.670. The Balaban J connectivity index is 2.33. The first-order chi connectivity index (χ1) is 9.81. The molecule has 0 bridgehead atoms. The van der Waals surface area contributed by atoms with Crippen LogP contribution in [0.5, 0.6) is 11.5 Å². The van der Waals surface area contributed by atoms with Gasteiger partial charge in [0.05, 0.1) is 16.8 Å². The van der Waals surface area contributed by atoms with Crippen LogP contribution in [0.4, 0.5) is 23.2 Å². The Kier molecular flexibility index (Phi) is 3.72. The fraction of sp³-hybridized carbons (Fsp3) is 0.0714. The maximum atomic E-state index is 13.1. The highest BCUT2D eigenvalue weighted by molar-refractivity contribution is 5.57. The zero-order valence-corrected chi connectivity index (χ0v) is 10.4. The Morgan fingerprint density at radius 2 is 1.67 bits per heavy atom. The molecule has 108 valence electrons. The number of hydrogen-bond acceptors (Lipinski definition) is 3. The van der Waals surface area contributed by atoms with Crippen LogP contribution >= 0.6 is 0 Å². The molecule has 0 aliphatic rings. The molecule has 7 heteroatoms. The Labute approximate surface area is 117 Å². The van der Waals surface area contributed by atoms with Crippen molar-refractivity contribution in [2.75, 3.05) is 5.73 Å². The van der Waals surface area contributed by atoms with E-state index in [4.69, 9.17) is 15.7 Å². The van der Waals surface area contributed by atoms with Crippen molar-refractivity contribution < 1.29 is 22.3 Å². The molecule has 0 spiro atoms. The second-order valence-electron chi connectivity index (χ2n) is 4.10. The van der Waals surface area contributed by atoms with Gasteiger partial charge in [-0.25, -0.2) is 4.39 Å². The summed E-state index contributed by atoms with van der Waals surface area (Å²) >= 11 is 0. The summed E-state index contributed by atoms with van der Waals surface area (Å²) in [7, 11) is 0. The minimum atomic E-state index is -4.81. The molecule has 2 aromatic rings. The third kappa shape index (κ3) is 3.23. The third-order valence-corrected chi connectivity index (χ3v) is 2.62. The number of halogens is 4. The van der Waals surface area contributed by atoms with E-state index in [1.54, 1.807) is 0 Å². The Morgan fingerprint density at radius 3 is 2.24 bits per heavy atom. The molecule has 0 radical (unpaired) electrons. The van der Waals surface area contributed by atoms with E-state index in [-0.39, 0.29) is 22.7 Å². The minimum absolute atomic E-state index is 0.133. The lowest BCUT2D eigenvalue weighted by atomic mass is 10.2. The highest BCUT2D eigenvalue weighted by Crippen LogP contribution is 2.35. The molecule has 0 unspecified atom stereocenters. The highest BCUT2D eigenvalue weighted by Gasteiger charge is 2.34. The summed E-state index contributed by atoms with van der Waals surface area (Å²) in [5.41, 5.74) is 4.50. The molecular weight excluding hydrogens is 288 g/mol. The molecule has 0 aromatic heterocycles. The number of rotatable bonds is 2. The van der Waals surface area contributed by atoms with E-state index < -0.39 is 17.6 Å². The third-order valence-electron chi connectivity index (χ3n) is 2.62. The summed E-state index contributed by atoms with van der Waals surface area (Å²) in [5.74, 6) is -1.42. The van der Waals surface area contributed by atoms with Crippen molar-refractivity contribution in [3.8, 4) is 17.6 Å². The van der Waals surface area contributed by atoms with E-state index in [1.807, 2.05) is 6.07 Å². The number of anilines is 1. The molecule has 2 aromatic carbocycles. The van der Waals surface area contributed by atoms with E-state index >= 15 is 0 Å². The van der Waals surface area contributed by atoms with Crippen LogP contribution in [0.1, 0.15) is 11.1 Å². The van der Waals surface area contributed by atoms with Crippen LogP contribution in [-0.4, -0.2) is 0 Å². The molecular formula is C14H8F4N2O. The molecule has 0 amide bonds. The zero-order chi connectivity index (χ0) is 15.6. The van der Waals surface area contributed by atoms with E-state index in [2.05, 4.69) is 0 Å². The van der Waals surface area contributed by atoms with Gasteiger partial charge in [0, 0.05) is 6.07 Å². The van der Waals surface area contributed by atoms with Crippen LogP contribution in [0.2, 0.25) is 0 Å². The first kappa shape index (κ1) is 14.7. The summed E-state index contributed by atoms with van der Waals surface area (Å²) in [6.45, 7) is 0. The highest BCUT2D eigenvalue weighted by atomic mass is 19.4. The van der Waals surface area contributed by atoms with Gasteiger partial charge in [-0.1, -0.05) is 0 Å². The maximum Gasteiger partial charge on any atom is 0.419 e. The fourth-order valence-electron chi connectivity index (χ4n) is 1.63. The monoisotopic (exact) mass is 296 g/mol. The van der Waals surface area contributed by atoms with E-state index in [0.29, 0.717) is 12.1 Å². The molecule has 0 fully saturated rings. The van der Waals surface area contributed by atoms with Crippen LogP contribution < -0.4 is 10.5 Å². The summed E-state index contributed by atoms with van der Waals surface area (Å²) in [5, 5.41) is 8.72. The largest absolute Gasteiger partial charge is 0.457 e. The van der Waals surface area contributed by atoms with Gasteiger partial charge in [-0.15, -0.1) is 0 Å². The molecule has 0 saturated heterocycles. The first-order valence-corrected chi connectivity index (χ1v) is 5.65. The number of hydrogen-bond donors (Lipinski definition) is 1. The van der Waals surface area contributed by atoms with Crippen LogP contribution in [0.25, 0.3) is 0 Å². The van der Waals surface area contributed by atoms with Crippen molar-refractivity contribution in [3.63, 3.8) is 0 Å². The molecule has 0 heterocycles. The van der Waals surface area contributed by atoms with Crippen molar-refractivity contribution in [3.05, 3.63) is 53.3 Å². The molecule has 0 saturated carbocycles. The molecule has 0 aliphatic carbocycles. The average Bonchev–Trinajstić information content (AvgIpc) is 2.40. The van der Waals surface area contributed by atoms with Gasteiger partial charge in [0.2, 0.25) is 0 Å². The van der Waals surface area contributed by atoms with Gasteiger partial charge in [-0.2, -0.15) is 18.4 Å². The van der Waals surface area contributed by atoms with Gasteiger partial charge in [0.15, 0.2) is 0 Å². The predicted octanol–water partition coefficient (Wildman–Crippen LogP) is 4.09. The second-order valence-corrected chi connectivity index (χ2v) is 4.10. The molecule has 21 heavy (non-hydrogen) atoms. The van der Waals surface area contributed by atoms with Gasteiger partial charge in [0.1, 0.15) is 23.4 Å². The number of ether oxygens (including phenoxy) is 1. The molecule has 2 rings (SSSR count). The van der Waals surface area contributed by atoms with Crippen molar-refractivity contribution >= 4 is 5.69 Å². The second kappa shape index (κ2) is 5.32. The smallest absolute Gasteiger partial charge is 0.419 e. The fourth-order valence-corrected chi connectivity index (χ4v) is 1.63. The Hall–Kier alpha value is -2.75. The number of nitrogens with zero attached hydrogens (tertiary/aromatic N) is 1. The first-order valence-electron chi connectivity index (χ1n) is 5.65. The lowest BCUT2D eigenvalue weighted by Gasteiger charge is -2.11. The van der Waals surface area contributed by atoms with Crippen LogP contribution in [0.15, 0.2) is 36.4 Å². The van der Waals surface area contributed by atoms with Gasteiger partial charge in [-0.3, -0.25) is 0 Å². The number of nitriles is 1. The SMILES string of the molecule is N#Cc1ccc(Oc2ccc(F)c(C(F)(F)F)c2)cc1N. The van der Waals surface area contributed by atoms with Gasteiger partial charge in [0.25, 0.3) is 0 Å². The van der Waals surface area contributed by atoms with Crippen LogP contribution in [-0.2, 0) is 6.18 Å². The van der Waals surface area contributed by atoms with Crippen molar-refractivity contribution in [2.45, 2.75) is 6.18 Å². The number of nitrogens with two attached hydrogens (primary N) is 1. The molecule has 0 atom stereocenters. The predicted molar refractivity (Wildman–Crippen MR) is 67.0 cm³/mol. The number of nitrogen functional groups attached to an aromatic ring is 1. The molecule has 2 N–H and O–H groups in total. The van der Waals surface area contributed by atoms with Gasteiger partial charge < -0.3 is 10.5 Å². The van der Waals surface area contributed by atoms with E-state index in [9.17, 15) is 17.6 Å². The Morgan fingerprint density at radius 1 is 1.05 bits per heavy atom. The minimum Gasteiger partial charge on any atom is -0.457 e. The van der Waals surface area contributed by atoms with Crippen molar-refractivity contribution in [1.82, 2.24) is 0 Å². The van der Waals surface area contributed by atoms with Crippen LogP contribution in [0, 0.1) is 17.1 Å². The van der Waals surface area contributed by atoms with Crippen molar-refractivity contribution in [2.24, 2.45) is 0 Å². The Bertz CT molecular complexity index is 720. The van der Waals surface area contributed by atoms with Crippen LogP contribution in [0.3, 0.4) is 0 Å². The summed E-state index contributed by atoms with van der Waals surface area (Å²) < 4.78 is 56.1. The summed E-state index contributed by atoms with van der Waals surface area (Å²) in [4.78, 5) is 0. The molecule has 3 nitrogen and oxygen atoms in total. The lowest BCUT2D eigenvalue weighted by molar-refractivity contribution is -0.140. The zero-order valence-electron chi connectivity index (χ0n) is 10.4. The maximum absolute atomic E-state index is 13.1. The van der Waals surface area contributed by atoms with Crippen molar-refractivity contribution in [1.29, 1.82) is 5.26 Å². The summed E-state index contributed by atoms with van der Waals surface area (Å²) in [6, 6.07) is 8.20. The van der Waals surface area contributed by atoms with Gasteiger partial charge >= 0.3 is 6.18 Å². The number of benzene rings is 2. The standard InChI is InChI=1S/C14H8F4N2O/c15-12-4-3-9(5-11(12)14(16,17)18)21-10-2-1-8(7-19)13(20)6-10/h1-6H,20H2. The van der Waals surface area contributed by atoms with Gasteiger partial charge in [-0.05, 0) is 30.3 Å². The van der Waals surface area contributed by atoms with E-state index in [0.717, 1.165) is 6.07 Å².